The van der Waals surface area contributed by atoms with E-state index in [0.29, 0.717) is 12.3 Å². The van der Waals surface area contributed by atoms with Crippen molar-refractivity contribution in [2.75, 3.05) is 13.2 Å². The standard InChI is InChI=1S/C41H64O12/c1-36(2)14-16-41(35(48)49)17-15-39(6)21(22(41)18-36)8-9-26-38(5)12-11-27(37(3,4)25(38)10-13-40(26,39)7)52-34-32(28(44)23(43)20-50-34)53-33-31(47)30(46)29(45)24(19-42)51-33/h8,22-27,29-34,42-43,45-47H,9-20H2,1-7H3,(H,48,49)/t22-,23+,24-,25-,26+,27-,29+,30-,31+,32-,33-,34-,38-,39+,40+,41-/m0/s1. The second-order valence-corrected chi connectivity index (χ2v) is 20.0. The molecule has 0 spiro atoms. The van der Waals surface area contributed by atoms with Gasteiger partial charge in [-0.15, -0.1) is 0 Å². The molecule has 53 heavy (non-hydrogen) atoms. The first-order valence-corrected chi connectivity index (χ1v) is 20.1. The maximum Gasteiger partial charge on any atom is 0.310 e. The van der Waals surface area contributed by atoms with Crippen LogP contribution in [-0.4, -0.2) is 111 Å². The van der Waals surface area contributed by atoms with Crippen molar-refractivity contribution in [3.8, 4) is 0 Å². The van der Waals surface area contributed by atoms with E-state index in [4.69, 9.17) is 18.9 Å². The third-order valence-corrected chi connectivity index (χ3v) is 16.7. The average molecular weight is 749 g/mol. The Kier molecular flexibility index (Phi) is 9.97. The molecule has 16 atom stereocenters. The Morgan fingerprint density at radius 2 is 1.55 bits per heavy atom. The van der Waals surface area contributed by atoms with Gasteiger partial charge in [0.25, 0.3) is 0 Å². The summed E-state index contributed by atoms with van der Waals surface area (Å²) in [7, 11) is 0. The maximum atomic E-state index is 13.3. The number of carboxylic acid groups (broad SMARTS) is 1. The van der Waals surface area contributed by atoms with Crippen LogP contribution >= 0.6 is 0 Å². The summed E-state index contributed by atoms with van der Waals surface area (Å²) in [5.74, 6) is -0.606. The number of carbonyl (C=O) groups excluding carboxylic acids is 1. The fraction of sp³-hybridized carbons (Fsp3) is 0.902. The summed E-state index contributed by atoms with van der Waals surface area (Å²) in [5.41, 5.74) is 0.362. The second kappa shape index (κ2) is 13.3. The van der Waals surface area contributed by atoms with Crippen molar-refractivity contribution < 1.29 is 59.2 Å². The molecule has 0 aromatic carbocycles. The molecule has 300 valence electrons. The van der Waals surface area contributed by atoms with Gasteiger partial charge in [-0.3, -0.25) is 9.59 Å². The van der Waals surface area contributed by atoms with Crippen LogP contribution in [0, 0.1) is 50.2 Å². The van der Waals surface area contributed by atoms with Crippen molar-refractivity contribution in [3.05, 3.63) is 11.6 Å². The first-order valence-electron chi connectivity index (χ1n) is 20.1. The molecule has 4 saturated carbocycles. The molecule has 0 aromatic heterocycles. The van der Waals surface area contributed by atoms with Gasteiger partial charge >= 0.3 is 5.97 Å². The first-order chi connectivity index (χ1) is 24.7. The molecule has 12 nitrogen and oxygen atoms in total. The highest BCUT2D eigenvalue weighted by Crippen LogP contribution is 2.76. The molecule has 5 aliphatic carbocycles. The lowest BCUT2D eigenvalue weighted by atomic mass is 9.33. The Morgan fingerprint density at radius 1 is 0.849 bits per heavy atom. The number of fused-ring (bicyclic) bond motifs is 7. The smallest absolute Gasteiger partial charge is 0.310 e. The Bertz CT molecular complexity index is 1480. The van der Waals surface area contributed by atoms with Gasteiger partial charge in [0, 0.05) is 0 Å². The van der Waals surface area contributed by atoms with Gasteiger partial charge in [-0.1, -0.05) is 60.1 Å². The molecule has 0 radical (unpaired) electrons. The molecule has 0 aromatic rings. The molecule has 7 rings (SSSR count). The van der Waals surface area contributed by atoms with E-state index in [0.717, 1.165) is 57.8 Å². The molecule has 6 N–H and O–H groups in total. The minimum absolute atomic E-state index is 0.00224. The number of hydrogen-bond donors (Lipinski definition) is 6. The topological polar surface area (TPSA) is 192 Å². The summed E-state index contributed by atoms with van der Waals surface area (Å²) >= 11 is 0. The van der Waals surface area contributed by atoms with Gasteiger partial charge in [0.2, 0.25) is 0 Å². The van der Waals surface area contributed by atoms with E-state index in [1.807, 2.05) is 0 Å². The molecule has 6 fully saturated rings. The quantitative estimate of drug-likeness (QED) is 0.171. The van der Waals surface area contributed by atoms with Crippen LogP contribution in [0.1, 0.15) is 113 Å². The summed E-state index contributed by atoms with van der Waals surface area (Å²) in [6.45, 7) is 15.5. The molecule has 2 heterocycles. The van der Waals surface area contributed by atoms with Crippen LogP contribution < -0.4 is 0 Å². The van der Waals surface area contributed by atoms with Gasteiger partial charge < -0.3 is 49.6 Å². The molecule has 2 aliphatic heterocycles. The zero-order valence-corrected chi connectivity index (χ0v) is 32.6. The summed E-state index contributed by atoms with van der Waals surface area (Å²) in [6.07, 6.45) is -1.18. The Balaban J connectivity index is 1.13. The Labute approximate surface area is 313 Å². The van der Waals surface area contributed by atoms with Crippen molar-refractivity contribution >= 4 is 11.8 Å². The molecule has 12 heteroatoms. The van der Waals surface area contributed by atoms with E-state index in [1.54, 1.807) is 0 Å². The van der Waals surface area contributed by atoms with Crippen LogP contribution in [-0.2, 0) is 28.5 Å². The van der Waals surface area contributed by atoms with Crippen molar-refractivity contribution in [1.82, 2.24) is 0 Å². The van der Waals surface area contributed by atoms with Crippen molar-refractivity contribution in [2.24, 2.45) is 50.2 Å². The lowest BCUT2D eigenvalue weighted by Crippen LogP contribution is -2.66. The van der Waals surface area contributed by atoms with E-state index in [2.05, 4.69) is 54.5 Å². The van der Waals surface area contributed by atoms with Gasteiger partial charge in [-0.25, -0.2) is 0 Å². The number of allylic oxidation sites excluding steroid dienone is 2. The van der Waals surface area contributed by atoms with Gasteiger partial charge in [-0.2, -0.15) is 0 Å². The third-order valence-electron chi connectivity index (χ3n) is 16.7. The fourth-order valence-corrected chi connectivity index (χ4v) is 13.3. The largest absolute Gasteiger partial charge is 0.481 e. The van der Waals surface area contributed by atoms with E-state index in [9.17, 15) is 40.2 Å². The molecule has 7 aliphatic rings. The van der Waals surface area contributed by atoms with Crippen LogP contribution in [0.2, 0.25) is 0 Å². The minimum Gasteiger partial charge on any atom is -0.481 e. The highest BCUT2D eigenvalue weighted by Gasteiger charge is 2.69. The van der Waals surface area contributed by atoms with Crippen LogP contribution in [0.15, 0.2) is 11.6 Å². The Morgan fingerprint density at radius 3 is 2.23 bits per heavy atom. The van der Waals surface area contributed by atoms with Crippen molar-refractivity contribution in [1.29, 1.82) is 0 Å². The van der Waals surface area contributed by atoms with Crippen LogP contribution in [0.4, 0.5) is 0 Å². The fourth-order valence-electron chi connectivity index (χ4n) is 13.3. The summed E-state index contributed by atoms with van der Waals surface area (Å²) in [4.78, 5) is 26.4. The molecule has 0 bridgehead atoms. The number of rotatable bonds is 6. The number of ether oxygens (including phenoxy) is 4. The second-order valence-electron chi connectivity index (χ2n) is 20.0. The van der Waals surface area contributed by atoms with Crippen LogP contribution in [0.3, 0.4) is 0 Å². The normalized spacial score (nSPS) is 51.9. The molecular formula is C41H64O12. The maximum absolute atomic E-state index is 13.3. The van der Waals surface area contributed by atoms with E-state index in [1.165, 1.54) is 5.57 Å². The van der Waals surface area contributed by atoms with E-state index in [-0.39, 0.29) is 51.6 Å². The van der Waals surface area contributed by atoms with Gasteiger partial charge in [0.1, 0.15) is 30.5 Å². The third kappa shape index (κ3) is 5.86. The van der Waals surface area contributed by atoms with Crippen LogP contribution in [0.5, 0.6) is 0 Å². The van der Waals surface area contributed by atoms with Gasteiger partial charge in [0.05, 0.1) is 24.7 Å². The number of hydrogen-bond acceptors (Lipinski definition) is 11. The van der Waals surface area contributed by atoms with Gasteiger partial charge in [-0.05, 0) is 109 Å². The summed E-state index contributed by atoms with van der Waals surface area (Å²) in [5, 5.41) is 62.0. The molecule has 0 unspecified atom stereocenters. The molecule has 0 amide bonds. The van der Waals surface area contributed by atoms with Crippen molar-refractivity contribution in [3.63, 3.8) is 0 Å². The first kappa shape index (κ1) is 39.7. The number of aliphatic hydroxyl groups excluding tert-OH is 5. The van der Waals surface area contributed by atoms with Gasteiger partial charge in [0.15, 0.2) is 24.5 Å². The number of Topliss-reactive ketones (excluding diaryl/α,β-unsaturated/α-hetero) is 1. The minimum atomic E-state index is -1.73. The predicted octanol–water partition coefficient (Wildman–Crippen LogP) is 3.73. The Hall–Kier alpha value is -1.48. The van der Waals surface area contributed by atoms with Crippen molar-refractivity contribution in [2.45, 2.75) is 168 Å². The SMILES string of the molecule is CC1(C)CC[C@]2(C(=O)O)CC[C@]3(C)C(=CC[C@@H]4[C@@]5(C)CC[C@H](O[C@@H]6OC[C@@H](O)C(=O)[C@@H]6O[C@@H]6O[C@@H](CO)[C@@H](O)[C@H](O)[C@H]6O)C(C)(C)[C@@H]5CC[C@]43C)[C@@H]2C1. The molecular weight excluding hydrogens is 684 g/mol. The lowest BCUT2D eigenvalue weighted by molar-refractivity contribution is -0.341. The predicted molar refractivity (Wildman–Crippen MR) is 191 cm³/mol. The average Bonchev–Trinajstić information content (AvgIpc) is 3.08. The number of ketones is 1. The van der Waals surface area contributed by atoms with E-state index >= 15 is 0 Å². The van der Waals surface area contributed by atoms with Crippen LogP contribution in [0.25, 0.3) is 0 Å². The monoisotopic (exact) mass is 748 g/mol. The van der Waals surface area contributed by atoms with E-state index < -0.39 is 73.0 Å². The summed E-state index contributed by atoms with van der Waals surface area (Å²) in [6, 6.07) is 0. The number of aliphatic hydroxyl groups is 5. The zero-order valence-electron chi connectivity index (χ0n) is 32.6. The highest BCUT2D eigenvalue weighted by molar-refractivity contribution is 5.88. The molecule has 2 saturated heterocycles. The number of aliphatic carboxylic acids is 1. The summed E-state index contributed by atoms with van der Waals surface area (Å²) < 4.78 is 24.0. The lowest BCUT2D eigenvalue weighted by Gasteiger charge is -2.71. The number of carboxylic acids is 1. The highest BCUT2D eigenvalue weighted by atomic mass is 16.7. The number of carbonyl (C=O) groups is 2. The zero-order chi connectivity index (χ0) is 38.7.